The molecule has 0 bridgehead atoms. The van der Waals surface area contributed by atoms with E-state index in [-0.39, 0.29) is 17.7 Å². The highest BCUT2D eigenvalue weighted by Crippen LogP contribution is 2.20. The molecule has 1 saturated heterocycles. The molecule has 0 aromatic carbocycles. The molecule has 0 spiro atoms. The summed E-state index contributed by atoms with van der Waals surface area (Å²) in [4.78, 5) is 27.6. The zero-order chi connectivity index (χ0) is 17.9. The highest BCUT2D eigenvalue weighted by atomic mass is 32.1. The molecular weight excluding hydrogens is 350 g/mol. The molecule has 0 aliphatic carbocycles. The Balaban J connectivity index is 1.37. The molecule has 1 aliphatic heterocycles. The fourth-order valence-electron chi connectivity index (χ4n) is 3.25. The molecule has 0 saturated carbocycles. The van der Waals surface area contributed by atoms with Crippen LogP contribution in [0, 0.1) is 5.92 Å². The Morgan fingerprint density at radius 2 is 2.15 bits per heavy atom. The van der Waals surface area contributed by atoms with Gasteiger partial charge >= 0.3 is 0 Å². The number of pyridine rings is 1. The summed E-state index contributed by atoms with van der Waals surface area (Å²) in [5.41, 5.74) is 0.752. The molecule has 1 fully saturated rings. The van der Waals surface area contributed by atoms with E-state index in [2.05, 4.69) is 15.5 Å². The molecule has 3 aromatic rings. The number of piperidine rings is 1. The number of rotatable bonds is 4. The van der Waals surface area contributed by atoms with E-state index in [4.69, 9.17) is 0 Å². The molecule has 1 N–H and O–H groups in total. The van der Waals surface area contributed by atoms with Crippen LogP contribution in [-0.2, 0) is 11.3 Å². The van der Waals surface area contributed by atoms with Crippen LogP contribution in [0.15, 0.2) is 41.9 Å². The van der Waals surface area contributed by atoms with Crippen molar-refractivity contribution in [1.29, 1.82) is 0 Å². The summed E-state index contributed by atoms with van der Waals surface area (Å²) in [6.45, 7) is 1.48. The lowest BCUT2D eigenvalue weighted by atomic mass is 9.97. The average molecular weight is 369 g/mol. The number of amides is 2. The summed E-state index contributed by atoms with van der Waals surface area (Å²) >= 11 is 1.43. The molecule has 134 valence electrons. The van der Waals surface area contributed by atoms with Crippen molar-refractivity contribution in [3.8, 4) is 0 Å². The Labute approximate surface area is 154 Å². The van der Waals surface area contributed by atoms with Gasteiger partial charge in [0.05, 0.1) is 17.3 Å². The average Bonchev–Trinajstić information content (AvgIpc) is 3.36. The molecule has 7 nitrogen and oxygen atoms in total. The van der Waals surface area contributed by atoms with Crippen LogP contribution in [0.1, 0.15) is 28.3 Å². The van der Waals surface area contributed by atoms with Crippen LogP contribution in [0.25, 0.3) is 5.65 Å². The zero-order valence-electron chi connectivity index (χ0n) is 14.2. The van der Waals surface area contributed by atoms with Gasteiger partial charge in [0.25, 0.3) is 5.91 Å². The van der Waals surface area contributed by atoms with Crippen molar-refractivity contribution in [2.24, 2.45) is 5.92 Å². The molecule has 8 heteroatoms. The number of carbonyl (C=O) groups excluding carboxylic acids is 2. The second-order valence-corrected chi connectivity index (χ2v) is 7.28. The zero-order valence-corrected chi connectivity index (χ0v) is 15.0. The van der Waals surface area contributed by atoms with Gasteiger partial charge < -0.3 is 10.2 Å². The Morgan fingerprint density at radius 1 is 1.23 bits per heavy atom. The lowest BCUT2D eigenvalue weighted by Gasteiger charge is -2.31. The topological polar surface area (TPSA) is 79.6 Å². The monoisotopic (exact) mass is 369 g/mol. The van der Waals surface area contributed by atoms with E-state index in [9.17, 15) is 9.59 Å². The molecule has 1 aliphatic rings. The van der Waals surface area contributed by atoms with Gasteiger partial charge in [-0.15, -0.1) is 21.5 Å². The van der Waals surface area contributed by atoms with Crippen molar-refractivity contribution in [1.82, 2.24) is 24.8 Å². The molecular formula is C18H19N5O2S. The minimum atomic E-state index is -0.188. The Kier molecular flexibility index (Phi) is 4.66. The number of hydrogen-bond acceptors (Lipinski definition) is 5. The number of thiophene rings is 1. The Morgan fingerprint density at radius 3 is 3.00 bits per heavy atom. The van der Waals surface area contributed by atoms with Crippen molar-refractivity contribution in [2.75, 3.05) is 13.1 Å². The van der Waals surface area contributed by atoms with E-state index in [0.29, 0.717) is 25.5 Å². The third-order valence-electron chi connectivity index (χ3n) is 4.62. The van der Waals surface area contributed by atoms with E-state index in [1.807, 2.05) is 46.3 Å². The smallest absolute Gasteiger partial charge is 0.263 e. The predicted octanol–water partition coefficient (Wildman–Crippen LogP) is 1.96. The van der Waals surface area contributed by atoms with Gasteiger partial charge in [-0.1, -0.05) is 12.1 Å². The second kappa shape index (κ2) is 7.25. The van der Waals surface area contributed by atoms with E-state index in [1.165, 1.54) is 11.3 Å². The van der Waals surface area contributed by atoms with Crippen molar-refractivity contribution < 1.29 is 9.59 Å². The molecule has 4 heterocycles. The summed E-state index contributed by atoms with van der Waals surface area (Å²) in [5.74, 6) is 0.477. The maximum Gasteiger partial charge on any atom is 0.263 e. The normalized spacial score (nSPS) is 17.4. The maximum absolute atomic E-state index is 12.6. The van der Waals surface area contributed by atoms with Crippen LogP contribution in [-0.4, -0.2) is 44.4 Å². The number of aromatic nitrogens is 3. The predicted molar refractivity (Wildman–Crippen MR) is 97.8 cm³/mol. The fraction of sp³-hybridized carbons (Fsp3) is 0.333. The highest BCUT2D eigenvalue weighted by Gasteiger charge is 2.29. The lowest BCUT2D eigenvalue weighted by Crippen LogP contribution is -2.45. The molecule has 26 heavy (non-hydrogen) atoms. The molecule has 1 atom stereocenters. The number of hydrogen-bond donors (Lipinski definition) is 1. The van der Waals surface area contributed by atoms with Gasteiger partial charge in [-0.3, -0.25) is 14.0 Å². The number of likely N-dealkylation sites (tertiary alicyclic amines) is 1. The van der Waals surface area contributed by atoms with Crippen LogP contribution >= 0.6 is 11.3 Å². The fourth-order valence-corrected chi connectivity index (χ4v) is 3.94. The first-order valence-corrected chi connectivity index (χ1v) is 9.49. The summed E-state index contributed by atoms with van der Waals surface area (Å²) in [5, 5.41) is 13.0. The largest absolute Gasteiger partial charge is 0.348 e. The minimum Gasteiger partial charge on any atom is -0.348 e. The van der Waals surface area contributed by atoms with Gasteiger partial charge in [0.15, 0.2) is 11.5 Å². The molecule has 4 rings (SSSR count). The molecule has 1 unspecified atom stereocenters. The van der Waals surface area contributed by atoms with E-state index >= 15 is 0 Å². The van der Waals surface area contributed by atoms with Gasteiger partial charge in [-0.05, 0) is 36.4 Å². The minimum absolute atomic E-state index is 0.0148. The van der Waals surface area contributed by atoms with Gasteiger partial charge in [0.1, 0.15) is 0 Å². The Hall–Kier alpha value is -2.74. The summed E-state index contributed by atoms with van der Waals surface area (Å²) in [7, 11) is 0. The summed E-state index contributed by atoms with van der Waals surface area (Å²) in [6.07, 6.45) is 3.50. The van der Waals surface area contributed by atoms with Crippen molar-refractivity contribution in [2.45, 2.75) is 19.4 Å². The lowest BCUT2D eigenvalue weighted by molar-refractivity contribution is -0.126. The summed E-state index contributed by atoms with van der Waals surface area (Å²) in [6, 6.07) is 9.36. The number of nitrogens with zero attached hydrogens (tertiary/aromatic N) is 4. The van der Waals surface area contributed by atoms with E-state index in [1.54, 1.807) is 4.90 Å². The number of nitrogens with one attached hydrogen (secondary N) is 1. The first-order valence-electron chi connectivity index (χ1n) is 8.61. The van der Waals surface area contributed by atoms with E-state index in [0.717, 1.165) is 23.4 Å². The van der Waals surface area contributed by atoms with Gasteiger partial charge in [-0.2, -0.15) is 0 Å². The van der Waals surface area contributed by atoms with Gasteiger partial charge in [0, 0.05) is 19.3 Å². The van der Waals surface area contributed by atoms with Crippen molar-refractivity contribution in [3.63, 3.8) is 0 Å². The van der Waals surface area contributed by atoms with Gasteiger partial charge in [0.2, 0.25) is 5.91 Å². The van der Waals surface area contributed by atoms with Crippen LogP contribution in [0.2, 0.25) is 0 Å². The van der Waals surface area contributed by atoms with Crippen LogP contribution < -0.4 is 5.32 Å². The standard InChI is InChI=1S/C18H19N5O2S/c24-17(19-11-16-21-20-15-7-1-2-9-23(15)16)13-5-3-8-22(12-13)18(25)14-6-4-10-26-14/h1-2,4,6-7,9-10,13H,3,5,8,11-12H2,(H,19,24). The first kappa shape index (κ1) is 16.7. The van der Waals surface area contributed by atoms with Crippen molar-refractivity contribution in [3.05, 3.63) is 52.6 Å². The first-order chi connectivity index (χ1) is 12.7. The van der Waals surface area contributed by atoms with Crippen LogP contribution in [0.5, 0.6) is 0 Å². The quantitative estimate of drug-likeness (QED) is 0.762. The second-order valence-electron chi connectivity index (χ2n) is 6.33. The number of fused-ring (bicyclic) bond motifs is 1. The third-order valence-corrected chi connectivity index (χ3v) is 5.47. The molecule has 3 aromatic heterocycles. The maximum atomic E-state index is 12.6. The van der Waals surface area contributed by atoms with Crippen molar-refractivity contribution >= 4 is 28.8 Å². The van der Waals surface area contributed by atoms with Crippen LogP contribution in [0.3, 0.4) is 0 Å². The van der Waals surface area contributed by atoms with Crippen LogP contribution in [0.4, 0.5) is 0 Å². The van der Waals surface area contributed by atoms with E-state index < -0.39 is 0 Å². The number of carbonyl (C=O) groups is 2. The SMILES string of the molecule is O=C(NCc1nnc2ccccn12)C1CCCN(C(=O)c2cccs2)C1. The molecule has 0 radical (unpaired) electrons. The van der Waals surface area contributed by atoms with Gasteiger partial charge in [-0.25, -0.2) is 0 Å². The third kappa shape index (κ3) is 3.32. The highest BCUT2D eigenvalue weighted by molar-refractivity contribution is 7.12. The molecule has 2 amide bonds. The summed E-state index contributed by atoms with van der Waals surface area (Å²) < 4.78 is 1.85. The Bertz CT molecular complexity index is 921.